The van der Waals surface area contributed by atoms with Gasteiger partial charge >= 0.3 is 0 Å². The fraction of sp³-hybridized carbons (Fsp3) is 0.250. The molecule has 0 bridgehead atoms. The van der Waals surface area contributed by atoms with E-state index >= 15 is 0 Å². The maximum Gasteiger partial charge on any atom is 0.0943 e. The van der Waals surface area contributed by atoms with Crippen LogP contribution in [0.15, 0.2) is 18.7 Å². The number of imidazole rings is 1. The van der Waals surface area contributed by atoms with Crippen LogP contribution in [0.1, 0.15) is 0 Å². The predicted molar refractivity (Wildman–Crippen MR) is 179 cm³/mol. The minimum Gasteiger partial charge on any atom is -0.412 e. The summed E-state index contributed by atoms with van der Waals surface area (Å²) in [6, 6.07) is 0. The Kier molecular flexibility index (Phi) is 44100. The first-order chi connectivity index (χ1) is 2.89. The van der Waals surface area contributed by atoms with Gasteiger partial charge in [-0.15, -0.1) is 0 Å². The fourth-order valence-electron chi connectivity index (χ4n) is 0.326. The number of aromatic nitrogens is 2. The molecule has 0 saturated heterocycles. The standard InChI is InChI=1S/C4H6N2.40H2O.H3P.12W/c1-6-3-2-5-4-6;;;;;;;;;;;;;;;;;;;;;;;;;;;;;;;;;;;;;;;;;;;;;;;;;;;;;/h2-4H,1H3;40*1H2;1H3;;;;;;;;;;;;. The van der Waals surface area contributed by atoms with Gasteiger partial charge in [0.1, 0.15) is 0 Å². The second-order valence-corrected chi connectivity index (χ2v) is 1.23. The summed E-state index contributed by atoms with van der Waals surface area (Å²) in [5, 5.41) is 0. The van der Waals surface area contributed by atoms with Gasteiger partial charge < -0.3 is 224 Å². The summed E-state index contributed by atoms with van der Waals surface area (Å²) in [6.07, 6.45) is 5.39. The van der Waals surface area contributed by atoms with Crippen LogP contribution >= 0.6 is 9.90 Å². The summed E-state index contributed by atoms with van der Waals surface area (Å²) in [5.74, 6) is 0. The maximum absolute atomic E-state index is 3.78. The van der Waals surface area contributed by atoms with E-state index in [-0.39, 0.29) is 482 Å². The van der Waals surface area contributed by atoms with E-state index in [0.29, 0.717) is 0 Å². The van der Waals surface area contributed by atoms with Crippen molar-refractivity contribution in [2.45, 2.75) is 0 Å². The van der Waals surface area contributed by atoms with Crippen molar-refractivity contribution in [2.75, 3.05) is 0 Å². The second-order valence-electron chi connectivity index (χ2n) is 1.23. The van der Waals surface area contributed by atoms with E-state index in [1.165, 1.54) is 0 Å². The molecule has 1 atom stereocenters. The third-order valence-corrected chi connectivity index (χ3v) is 0.637. The van der Waals surface area contributed by atoms with Gasteiger partial charge in [0.2, 0.25) is 0 Å². The molecule has 0 amide bonds. The average molecular weight is 3040 g/mol. The number of nitrogens with zero attached hydrogens (tertiary/aromatic N) is 2. The van der Waals surface area contributed by atoms with Crippen LogP contribution < -0.4 is 0 Å². The Labute approximate surface area is 510 Å². The van der Waals surface area contributed by atoms with Crippen molar-refractivity contribution in [2.24, 2.45) is 7.05 Å². The monoisotopic (exact) mass is 3040 g/mol. The zero-order chi connectivity index (χ0) is 4.41. The molecule has 0 aliphatic rings. The van der Waals surface area contributed by atoms with Crippen molar-refractivity contribution >= 4 is 9.90 Å². The third kappa shape index (κ3) is 1410. The van der Waals surface area contributed by atoms with Crippen molar-refractivity contribution in [1.82, 2.24) is 9.55 Å². The summed E-state index contributed by atoms with van der Waals surface area (Å²) >= 11 is 0. The quantitative estimate of drug-likeness (QED) is 0.225. The number of hydrogen-bond donors (Lipinski definition) is 0. The molecular weight excluding hydrogens is 2950 g/mol. The van der Waals surface area contributed by atoms with E-state index in [4.69, 9.17) is 0 Å². The Balaban J connectivity index is -0.000000000133. The molecule has 0 saturated carbocycles. The molecule has 0 radical (unpaired) electrons. The fourth-order valence-corrected chi connectivity index (χ4v) is 0.326. The van der Waals surface area contributed by atoms with E-state index in [1.807, 2.05) is 17.8 Å². The Hall–Kier alpha value is 6.30. The first kappa shape index (κ1) is 1780. The van der Waals surface area contributed by atoms with Gasteiger partial charge in [-0.3, -0.25) is 0 Å². The third-order valence-electron chi connectivity index (χ3n) is 0.637. The second kappa shape index (κ2) is 1460. The minimum atomic E-state index is 0. The molecule has 55 heteroatoms. The SMILES string of the molecule is Cn1ccnc1.O.O.O.O.O.O.O.O.O.O.O.O.O.O.O.O.O.O.O.O.O.O.O.O.O.O.O.O.O.O.O.O.O.O.O.O.O.O.O.O.P.[W].[W].[W].[W].[W].[W].[W].[W].[W].[W].[W].[W]. The Bertz CT molecular complexity index is 185. The van der Waals surface area contributed by atoms with Crippen molar-refractivity contribution in [3.05, 3.63) is 18.7 Å². The van der Waals surface area contributed by atoms with Gasteiger partial charge in [-0.25, -0.2) is 4.98 Å². The predicted octanol–water partition coefficient (Wildman–Crippen LogP) is -32.5. The van der Waals surface area contributed by atoms with Gasteiger partial charge in [0.05, 0.1) is 6.33 Å². The summed E-state index contributed by atoms with van der Waals surface area (Å²) in [4.78, 5) is 3.78. The normalized spacial score (nSPS) is 0.898. The van der Waals surface area contributed by atoms with Crippen molar-refractivity contribution in [3.8, 4) is 0 Å². The molecule has 432 valence electrons. The van der Waals surface area contributed by atoms with E-state index < -0.39 is 0 Å². The van der Waals surface area contributed by atoms with Gasteiger partial charge in [0.25, 0.3) is 0 Å². The number of aryl methyl sites for hydroxylation is 1. The van der Waals surface area contributed by atoms with Crippen LogP contribution in [0, 0.1) is 0 Å². The van der Waals surface area contributed by atoms with E-state index in [1.54, 1.807) is 12.5 Å². The topological polar surface area (TPSA) is 1280 Å². The van der Waals surface area contributed by atoms with Crippen molar-refractivity contribution in [3.63, 3.8) is 0 Å². The van der Waals surface area contributed by atoms with Crippen LogP contribution in [0.2, 0.25) is 0 Å². The van der Waals surface area contributed by atoms with Crippen LogP contribution in [0.25, 0.3) is 0 Å². The molecular formula is C4H89N2O40PW12. The van der Waals surface area contributed by atoms with Crippen molar-refractivity contribution < 1.29 is 472 Å². The maximum atomic E-state index is 3.78. The molecule has 0 aliphatic heterocycles. The molecule has 1 rings (SSSR count). The van der Waals surface area contributed by atoms with Gasteiger partial charge in [0, 0.05) is 272 Å². The van der Waals surface area contributed by atoms with Crippen LogP contribution in [0.4, 0.5) is 0 Å². The van der Waals surface area contributed by atoms with Crippen LogP contribution in [0.5, 0.6) is 0 Å². The van der Waals surface area contributed by atoms with Gasteiger partial charge in [-0.05, 0) is 0 Å². The molecule has 42 nitrogen and oxygen atoms in total. The van der Waals surface area contributed by atoms with Crippen LogP contribution in [-0.2, 0) is 260 Å². The minimum absolute atomic E-state index is 0. The Morgan fingerprint density at radius 2 is 0.305 bits per heavy atom. The van der Waals surface area contributed by atoms with Gasteiger partial charge in [-0.1, -0.05) is 0 Å². The largest absolute Gasteiger partial charge is 0.412 e. The van der Waals surface area contributed by atoms with Crippen LogP contribution in [0.3, 0.4) is 0 Å². The summed E-state index contributed by atoms with van der Waals surface area (Å²) < 4.78 is 1.89. The van der Waals surface area contributed by atoms with E-state index in [0.717, 1.165) is 0 Å². The first-order valence-corrected chi connectivity index (χ1v) is 1.81. The van der Waals surface area contributed by atoms with Crippen LogP contribution in [-0.4, -0.2) is 229 Å². The van der Waals surface area contributed by atoms with Crippen molar-refractivity contribution in [1.29, 1.82) is 0 Å². The molecule has 0 spiro atoms. The molecule has 0 fully saturated rings. The number of rotatable bonds is 0. The summed E-state index contributed by atoms with van der Waals surface area (Å²) in [7, 11) is 1.94. The molecule has 1 aromatic heterocycles. The molecule has 0 aliphatic carbocycles. The average Bonchev–Trinajstić information content (AvgIpc) is 1.86. The van der Waals surface area contributed by atoms with E-state index in [2.05, 4.69) is 4.98 Å². The zero-order valence-corrected chi connectivity index (χ0v) is 65.8. The molecule has 80 N–H and O–H groups in total. The molecule has 1 unspecified atom stereocenters. The smallest absolute Gasteiger partial charge is 0.0943 e. The molecule has 1 aromatic rings. The summed E-state index contributed by atoms with van der Waals surface area (Å²) in [6.45, 7) is 0. The molecule has 59 heavy (non-hydrogen) atoms. The first-order valence-electron chi connectivity index (χ1n) is 1.81. The van der Waals surface area contributed by atoms with Gasteiger partial charge in [-0.2, -0.15) is 9.90 Å². The molecule has 1 heterocycles. The van der Waals surface area contributed by atoms with E-state index in [9.17, 15) is 0 Å². The summed E-state index contributed by atoms with van der Waals surface area (Å²) in [5.41, 5.74) is 0. The zero-order valence-electron chi connectivity index (χ0n) is 29.2. The molecule has 0 aromatic carbocycles. The Morgan fingerprint density at radius 3 is 0.322 bits per heavy atom. The number of hydrogen-bond acceptors (Lipinski definition) is 1. The van der Waals surface area contributed by atoms with Gasteiger partial charge in [0.15, 0.2) is 0 Å². The Morgan fingerprint density at radius 1 is 0.220 bits per heavy atom.